The third-order valence-electron chi connectivity index (χ3n) is 3.72. The Bertz CT molecular complexity index is 1030. The fourth-order valence-corrected chi connectivity index (χ4v) is 2.64. The molecule has 146 valence electrons. The number of ether oxygens (including phenoxy) is 1. The number of benzene rings is 1. The Balaban J connectivity index is 1.71. The summed E-state index contributed by atoms with van der Waals surface area (Å²) in [6.45, 7) is 3.92. The second-order valence-electron chi connectivity index (χ2n) is 5.63. The van der Waals surface area contributed by atoms with Gasteiger partial charge in [0.2, 0.25) is 5.76 Å². The predicted octanol–water partition coefficient (Wildman–Crippen LogP) is 3.36. The second kappa shape index (κ2) is 8.41. The molecule has 0 atom stereocenters. The lowest BCUT2D eigenvalue weighted by Crippen LogP contribution is -2.14. The van der Waals surface area contributed by atoms with Crippen LogP contribution in [0.5, 0.6) is 0 Å². The summed E-state index contributed by atoms with van der Waals surface area (Å²) in [7, 11) is 0. The van der Waals surface area contributed by atoms with Gasteiger partial charge >= 0.3 is 12.0 Å². The molecule has 0 unspecified atom stereocenters. The van der Waals surface area contributed by atoms with Crippen LogP contribution >= 0.6 is 23.2 Å². The number of nitrogens with one attached hydrogen (secondary N) is 1. The number of carbonyl (C=O) groups excluding carboxylic acids is 2. The number of hydrogen-bond donors (Lipinski definition) is 1. The van der Waals surface area contributed by atoms with E-state index in [9.17, 15) is 9.59 Å². The van der Waals surface area contributed by atoms with Crippen molar-refractivity contribution in [3.8, 4) is 0 Å². The smallest absolute Gasteiger partial charge is 0.376 e. The highest BCUT2D eigenvalue weighted by Gasteiger charge is 2.20. The molecule has 0 radical (unpaired) electrons. The van der Waals surface area contributed by atoms with Gasteiger partial charge in [-0.05, 0) is 31.5 Å². The summed E-state index contributed by atoms with van der Waals surface area (Å²) in [6.07, 6.45) is 1.17. The SMILES string of the molecule is CCOC(=O)c1cnc(NC(=O)c2nnn(Cc3ccc(Cl)c(Cl)c3)c2C)o1. The number of esters is 1. The van der Waals surface area contributed by atoms with Gasteiger partial charge in [0, 0.05) is 0 Å². The lowest BCUT2D eigenvalue weighted by atomic mass is 10.2. The summed E-state index contributed by atoms with van der Waals surface area (Å²) in [5.74, 6) is -1.36. The Labute approximate surface area is 169 Å². The van der Waals surface area contributed by atoms with E-state index in [4.69, 9.17) is 32.4 Å². The Morgan fingerprint density at radius 1 is 1.29 bits per heavy atom. The van der Waals surface area contributed by atoms with Gasteiger partial charge in [0.05, 0.1) is 35.1 Å². The number of rotatable bonds is 6. The van der Waals surface area contributed by atoms with Crippen LogP contribution in [0.3, 0.4) is 0 Å². The van der Waals surface area contributed by atoms with Gasteiger partial charge in [-0.25, -0.2) is 14.5 Å². The number of aromatic nitrogens is 4. The summed E-state index contributed by atoms with van der Waals surface area (Å²) in [5, 5.41) is 11.2. The van der Waals surface area contributed by atoms with Crippen LogP contribution in [0.15, 0.2) is 28.8 Å². The minimum absolute atomic E-state index is 0.0935. The molecule has 0 bridgehead atoms. The van der Waals surface area contributed by atoms with Gasteiger partial charge in [-0.3, -0.25) is 10.1 Å². The number of halogens is 2. The third kappa shape index (κ3) is 4.32. The molecule has 0 fully saturated rings. The van der Waals surface area contributed by atoms with Crippen molar-refractivity contribution in [2.75, 3.05) is 11.9 Å². The first-order valence-electron chi connectivity index (χ1n) is 8.17. The second-order valence-corrected chi connectivity index (χ2v) is 6.45. The van der Waals surface area contributed by atoms with Crippen molar-refractivity contribution in [2.45, 2.75) is 20.4 Å². The van der Waals surface area contributed by atoms with Gasteiger partial charge in [0.1, 0.15) is 0 Å². The highest BCUT2D eigenvalue weighted by Crippen LogP contribution is 2.23. The number of oxazole rings is 1. The maximum atomic E-state index is 12.4. The summed E-state index contributed by atoms with van der Waals surface area (Å²) in [4.78, 5) is 27.8. The summed E-state index contributed by atoms with van der Waals surface area (Å²) in [6, 6.07) is 5.06. The largest absolute Gasteiger partial charge is 0.460 e. The molecule has 9 nitrogen and oxygen atoms in total. The highest BCUT2D eigenvalue weighted by molar-refractivity contribution is 6.42. The zero-order valence-electron chi connectivity index (χ0n) is 14.9. The maximum absolute atomic E-state index is 12.4. The fraction of sp³-hybridized carbons (Fsp3) is 0.235. The molecule has 11 heteroatoms. The minimum atomic E-state index is -0.667. The lowest BCUT2D eigenvalue weighted by Gasteiger charge is -2.05. The zero-order valence-corrected chi connectivity index (χ0v) is 16.4. The van der Waals surface area contributed by atoms with Crippen molar-refractivity contribution in [2.24, 2.45) is 0 Å². The molecule has 2 heterocycles. The van der Waals surface area contributed by atoms with E-state index < -0.39 is 11.9 Å². The van der Waals surface area contributed by atoms with Crippen LogP contribution in [0.2, 0.25) is 10.0 Å². The van der Waals surface area contributed by atoms with E-state index in [1.807, 2.05) is 0 Å². The molecule has 3 aromatic rings. The summed E-state index contributed by atoms with van der Waals surface area (Å²) in [5.41, 5.74) is 1.47. The molecule has 2 aromatic heterocycles. The van der Waals surface area contributed by atoms with Crippen molar-refractivity contribution < 1.29 is 18.7 Å². The standard InChI is InChI=1S/C17H15Cl2N5O4/c1-3-27-16(26)13-7-20-17(28-13)21-15(25)14-9(2)24(23-22-14)8-10-4-5-11(18)12(19)6-10/h4-7H,3,8H2,1-2H3,(H,20,21,25). The first-order valence-corrected chi connectivity index (χ1v) is 8.93. The Kier molecular flexibility index (Phi) is 5.96. The normalized spacial score (nSPS) is 10.7. The molecule has 1 aromatic carbocycles. The fourth-order valence-electron chi connectivity index (χ4n) is 2.32. The van der Waals surface area contributed by atoms with Gasteiger partial charge in [0.15, 0.2) is 5.69 Å². The van der Waals surface area contributed by atoms with Crippen LogP contribution in [-0.2, 0) is 11.3 Å². The van der Waals surface area contributed by atoms with E-state index in [2.05, 4.69) is 20.6 Å². The van der Waals surface area contributed by atoms with Crippen LogP contribution < -0.4 is 5.32 Å². The van der Waals surface area contributed by atoms with Gasteiger partial charge in [-0.1, -0.05) is 34.5 Å². The Morgan fingerprint density at radius 2 is 2.07 bits per heavy atom. The number of nitrogens with zero attached hydrogens (tertiary/aromatic N) is 4. The van der Waals surface area contributed by atoms with E-state index in [0.717, 1.165) is 5.56 Å². The van der Waals surface area contributed by atoms with Gasteiger partial charge in [-0.2, -0.15) is 0 Å². The number of hydrogen-bond acceptors (Lipinski definition) is 7. The van der Waals surface area contributed by atoms with Crippen LogP contribution in [0.25, 0.3) is 0 Å². The number of amides is 1. The average Bonchev–Trinajstić information content (AvgIpc) is 3.26. The van der Waals surface area contributed by atoms with Gasteiger partial charge in [-0.15, -0.1) is 5.10 Å². The first kappa shape index (κ1) is 19.8. The van der Waals surface area contributed by atoms with Crippen molar-refractivity contribution in [3.63, 3.8) is 0 Å². The van der Waals surface area contributed by atoms with E-state index in [1.54, 1.807) is 36.7 Å². The molecular weight excluding hydrogens is 409 g/mol. The molecule has 1 N–H and O–H groups in total. The molecule has 28 heavy (non-hydrogen) atoms. The molecule has 0 aliphatic heterocycles. The van der Waals surface area contributed by atoms with E-state index in [0.29, 0.717) is 22.3 Å². The predicted molar refractivity (Wildman–Crippen MR) is 101 cm³/mol. The third-order valence-corrected chi connectivity index (χ3v) is 4.46. The summed E-state index contributed by atoms with van der Waals surface area (Å²) >= 11 is 11.9. The molecule has 0 aliphatic carbocycles. The summed E-state index contributed by atoms with van der Waals surface area (Å²) < 4.78 is 11.5. The highest BCUT2D eigenvalue weighted by atomic mass is 35.5. The quantitative estimate of drug-likeness (QED) is 0.604. The van der Waals surface area contributed by atoms with Crippen LogP contribution in [0, 0.1) is 6.92 Å². The minimum Gasteiger partial charge on any atom is -0.460 e. The van der Waals surface area contributed by atoms with E-state index >= 15 is 0 Å². The zero-order chi connectivity index (χ0) is 20.3. The molecule has 0 spiro atoms. The van der Waals surface area contributed by atoms with E-state index in [-0.39, 0.29) is 24.1 Å². The van der Waals surface area contributed by atoms with E-state index in [1.165, 1.54) is 6.20 Å². The van der Waals surface area contributed by atoms with Gasteiger partial charge < -0.3 is 9.15 Å². The molecule has 0 saturated heterocycles. The number of anilines is 1. The topological polar surface area (TPSA) is 112 Å². The Hall–Kier alpha value is -2.91. The molecule has 3 rings (SSSR count). The van der Waals surface area contributed by atoms with Crippen molar-refractivity contribution in [1.82, 2.24) is 20.0 Å². The Morgan fingerprint density at radius 3 is 2.79 bits per heavy atom. The van der Waals surface area contributed by atoms with Gasteiger partial charge in [0.25, 0.3) is 5.91 Å². The van der Waals surface area contributed by atoms with Crippen molar-refractivity contribution >= 4 is 41.1 Å². The number of carbonyl (C=O) groups is 2. The maximum Gasteiger partial charge on any atom is 0.376 e. The lowest BCUT2D eigenvalue weighted by molar-refractivity contribution is 0.0490. The van der Waals surface area contributed by atoms with Crippen LogP contribution in [0.4, 0.5) is 6.01 Å². The average molecular weight is 424 g/mol. The molecule has 0 saturated carbocycles. The van der Waals surface area contributed by atoms with Crippen molar-refractivity contribution in [1.29, 1.82) is 0 Å². The molecular formula is C17H15Cl2N5O4. The van der Waals surface area contributed by atoms with Crippen molar-refractivity contribution in [3.05, 3.63) is 57.2 Å². The first-order chi connectivity index (χ1) is 13.4. The van der Waals surface area contributed by atoms with Crippen LogP contribution in [-0.4, -0.2) is 38.5 Å². The molecule has 0 aliphatic rings. The molecule has 1 amide bonds. The monoisotopic (exact) mass is 423 g/mol. The van der Waals surface area contributed by atoms with Crippen LogP contribution in [0.1, 0.15) is 39.2 Å².